The van der Waals surface area contributed by atoms with Crippen LogP contribution in [0.2, 0.25) is 0 Å². The Kier molecular flexibility index (Phi) is 4.78. The Hall–Kier alpha value is -1.52. The average molecular weight is 288 g/mol. The highest BCUT2D eigenvalue weighted by molar-refractivity contribution is 5.50. The second-order valence-electron chi connectivity index (χ2n) is 5.70. The first kappa shape index (κ1) is 14.4. The smallest absolute Gasteiger partial charge is 0.166 e. The van der Waals surface area contributed by atoms with Crippen molar-refractivity contribution >= 4 is 0 Å². The fraction of sp³-hybridized carbons (Fsp3) is 0.529. The number of hydrogen-bond donors (Lipinski definition) is 2. The standard InChI is InChI=1S/C17H24N2O2/c18-19-16(13-7-4-2-1-3-5-8-13)14-9-6-10-15-17(14)21-12-11-20-15/h6-7,9-10,16,19H,1-5,8,11-12,18H2/b13-7+. The maximum Gasteiger partial charge on any atom is 0.166 e. The van der Waals surface area contributed by atoms with Crippen LogP contribution >= 0.6 is 0 Å². The lowest BCUT2D eigenvalue weighted by molar-refractivity contribution is 0.169. The topological polar surface area (TPSA) is 56.5 Å². The number of fused-ring (bicyclic) bond motifs is 1. The molecule has 1 unspecified atom stereocenters. The molecule has 1 aliphatic heterocycles. The Balaban J connectivity index is 1.92. The number of nitrogens with one attached hydrogen (secondary N) is 1. The van der Waals surface area contributed by atoms with Crippen LogP contribution in [0, 0.1) is 0 Å². The Morgan fingerprint density at radius 1 is 1.05 bits per heavy atom. The molecule has 21 heavy (non-hydrogen) atoms. The molecule has 0 amide bonds. The largest absolute Gasteiger partial charge is 0.486 e. The predicted octanol–water partition coefficient (Wildman–Crippen LogP) is 3.24. The molecule has 0 aromatic heterocycles. The molecule has 0 saturated heterocycles. The minimum Gasteiger partial charge on any atom is -0.486 e. The van der Waals surface area contributed by atoms with E-state index in [9.17, 15) is 0 Å². The second kappa shape index (κ2) is 6.96. The van der Waals surface area contributed by atoms with Gasteiger partial charge in [-0.15, -0.1) is 0 Å². The van der Waals surface area contributed by atoms with Gasteiger partial charge in [0.05, 0.1) is 6.04 Å². The predicted molar refractivity (Wildman–Crippen MR) is 83.3 cm³/mol. The number of hydrazine groups is 1. The zero-order valence-electron chi connectivity index (χ0n) is 12.4. The van der Waals surface area contributed by atoms with Crippen molar-refractivity contribution in [3.8, 4) is 11.5 Å². The Morgan fingerprint density at radius 2 is 1.90 bits per heavy atom. The van der Waals surface area contributed by atoms with Crippen molar-refractivity contribution < 1.29 is 9.47 Å². The van der Waals surface area contributed by atoms with E-state index in [-0.39, 0.29) is 6.04 Å². The number of ether oxygens (including phenoxy) is 2. The summed E-state index contributed by atoms with van der Waals surface area (Å²) in [7, 11) is 0. The first-order chi connectivity index (χ1) is 10.4. The van der Waals surface area contributed by atoms with Crippen molar-refractivity contribution in [2.45, 2.75) is 44.6 Å². The number of nitrogens with two attached hydrogens (primary N) is 1. The summed E-state index contributed by atoms with van der Waals surface area (Å²) >= 11 is 0. The first-order valence-corrected chi connectivity index (χ1v) is 7.93. The Labute approximate surface area is 126 Å². The van der Waals surface area contributed by atoms with Crippen molar-refractivity contribution in [2.75, 3.05) is 13.2 Å². The maximum absolute atomic E-state index is 5.87. The van der Waals surface area contributed by atoms with Gasteiger partial charge in [0, 0.05) is 5.56 Å². The normalized spacial score (nSPS) is 22.6. The number of hydrogen-bond acceptors (Lipinski definition) is 4. The van der Waals surface area contributed by atoms with Crippen LogP contribution < -0.4 is 20.7 Å². The number of rotatable bonds is 3. The molecule has 1 aliphatic carbocycles. The van der Waals surface area contributed by atoms with Crippen LogP contribution in [-0.2, 0) is 0 Å². The molecule has 2 aliphatic rings. The summed E-state index contributed by atoms with van der Waals surface area (Å²) in [6.45, 7) is 1.21. The lowest BCUT2D eigenvalue weighted by atomic mass is 9.90. The molecule has 1 aromatic rings. The van der Waals surface area contributed by atoms with Gasteiger partial charge in [-0.3, -0.25) is 5.84 Å². The molecule has 4 heteroatoms. The van der Waals surface area contributed by atoms with E-state index in [2.05, 4.69) is 17.6 Å². The fourth-order valence-electron chi connectivity index (χ4n) is 3.20. The number of benzene rings is 1. The number of para-hydroxylation sites is 1. The van der Waals surface area contributed by atoms with E-state index in [1.807, 2.05) is 12.1 Å². The number of allylic oxidation sites excluding steroid dienone is 1. The van der Waals surface area contributed by atoms with Crippen LogP contribution in [0.4, 0.5) is 0 Å². The molecule has 0 bridgehead atoms. The molecule has 3 rings (SSSR count). The van der Waals surface area contributed by atoms with E-state index < -0.39 is 0 Å². The van der Waals surface area contributed by atoms with E-state index in [4.69, 9.17) is 15.3 Å². The van der Waals surface area contributed by atoms with Crippen LogP contribution in [0.25, 0.3) is 0 Å². The van der Waals surface area contributed by atoms with Crippen molar-refractivity contribution in [3.63, 3.8) is 0 Å². The molecule has 3 N–H and O–H groups in total. The lowest BCUT2D eigenvalue weighted by Crippen LogP contribution is -2.31. The van der Waals surface area contributed by atoms with Gasteiger partial charge < -0.3 is 9.47 Å². The van der Waals surface area contributed by atoms with Gasteiger partial charge in [0.25, 0.3) is 0 Å². The third kappa shape index (κ3) is 3.22. The van der Waals surface area contributed by atoms with Gasteiger partial charge >= 0.3 is 0 Å². The molecule has 0 saturated carbocycles. The molecule has 0 spiro atoms. The van der Waals surface area contributed by atoms with Crippen LogP contribution in [0.15, 0.2) is 29.8 Å². The van der Waals surface area contributed by atoms with Gasteiger partial charge in [-0.05, 0) is 31.7 Å². The van der Waals surface area contributed by atoms with Crippen molar-refractivity contribution in [2.24, 2.45) is 5.84 Å². The minimum atomic E-state index is 0.0137. The Bertz CT molecular complexity index is 514. The first-order valence-electron chi connectivity index (χ1n) is 7.93. The van der Waals surface area contributed by atoms with Gasteiger partial charge in [0.1, 0.15) is 13.2 Å². The summed E-state index contributed by atoms with van der Waals surface area (Å²) in [6.07, 6.45) is 9.74. The fourth-order valence-corrected chi connectivity index (χ4v) is 3.20. The SMILES string of the molecule is NNC(/C1=C/CCCCCC1)c1cccc2c1OCCO2. The third-order valence-corrected chi connectivity index (χ3v) is 4.27. The van der Waals surface area contributed by atoms with E-state index in [1.54, 1.807) is 0 Å². The molecular formula is C17H24N2O2. The third-order valence-electron chi connectivity index (χ3n) is 4.27. The van der Waals surface area contributed by atoms with Gasteiger partial charge in [-0.2, -0.15) is 0 Å². The summed E-state index contributed by atoms with van der Waals surface area (Å²) in [5, 5.41) is 0. The minimum absolute atomic E-state index is 0.0137. The lowest BCUT2D eigenvalue weighted by Gasteiger charge is -2.27. The average Bonchev–Trinajstić information content (AvgIpc) is 2.50. The summed E-state index contributed by atoms with van der Waals surface area (Å²) in [5.74, 6) is 7.54. The summed E-state index contributed by atoms with van der Waals surface area (Å²) in [5.41, 5.74) is 5.44. The summed E-state index contributed by atoms with van der Waals surface area (Å²) in [4.78, 5) is 0. The molecule has 0 fully saturated rings. The highest BCUT2D eigenvalue weighted by Gasteiger charge is 2.24. The molecule has 4 nitrogen and oxygen atoms in total. The zero-order chi connectivity index (χ0) is 14.5. The van der Waals surface area contributed by atoms with Crippen LogP contribution in [0.3, 0.4) is 0 Å². The maximum atomic E-state index is 5.87. The van der Waals surface area contributed by atoms with Crippen molar-refractivity contribution in [3.05, 3.63) is 35.4 Å². The second-order valence-corrected chi connectivity index (χ2v) is 5.70. The summed E-state index contributed by atoms with van der Waals surface area (Å²) < 4.78 is 11.5. The molecule has 1 heterocycles. The van der Waals surface area contributed by atoms with E-state index >= 15 is 0 Å². The zero-order valence-corrected chi connectivity index (χ0v) is 12.4. The van der Waals surface area contributed by atoms with E-state index in [0.29, 0.717) is 13.2 Å². The van der Waals surface area contributed by atoms with Crippen molar-refractivity contribution in [1.29, 1.82) is 0 Å². The van der Waals surface area contributed by atoms with Crippen LogP contribution in [-0.4, -0.2) is 13.2 Å². The van der Waals surface area contributed by atoms with Gasteiger partial charge in [-0.25, -0.2) is 5.43 Å². The van der Waals surface area contributed by atoms with Crippen LogP contribution in [0.1, 0.15) is 50.1 Å². The van der Waals surface area contributed by atoms with Gasteiger partial charge in [0.15, 0.2) is 11.5 Å². The van der Waals surface area contributed by atoms with E-state index in [0.717, 1.165) is 29.9 Å². The van der Waals surface area contributed by atoms with E-state index in [1.165, 1.54) is 31.3 Å². The Morgan fingerprint density at radius 3 is 2.81 bits per heavy atom. The molecule has 0 radical (unpaired) electrons. The summed E-state index contributed by atoms with van der Waals surface area (Å²) in [6, 6.07) is 6.06. The molecule has 114 valence electrons. The van der Waals surface area contributed by atoms with Gasteiger partial charge in [0.2, 0.25) is 0 Å². The van der Waals surface area contributed by atoms with Crippen LogP contribution in [0.5, 0.6) is 11.5 Å². The van der Waals surface area contributed by atoms with Crippen molar-refractivity contribution in [1.82, 2.24) is 5.43 Å². The molecular weight excluding hydrogens is 264 g/mol. The molecule has 1 aromatic carbocycles. The molecule has 1 atom stereocenters. The monoisotopic (exact) mass is 288 g/mol. The highest BCUT2D eigenvalue weighted by Crippen LogP contribution is 2.40. The van der Waals surface area contributed by atoms with Gasteiger partial charge in [-0.1, -0.05) is 36.6 Å². The quantitative estimate of drug-likeness (QED) is 0.509. The highest BCUT2D eigenvalue weighted by atomic mass is 16.6.